The Balaban J connectivity index is 0.000000167. The summed E-state index contributed by atoms with van der Waals surface area (Å²) in [6.07, 6.45) is 13.2. The maximum Gasteiger partial charge on any atom is 0.0470 e. The Kier molecular flexibility index (Phi) is 9.35. The van der Waals surface area contributed by atoms with Crippen LogP contribution in [0.2, 0.25) is 0 Å². The number of hydrogen-bond donors (Lipinski definition) is 0. The average Bonchev–Trinajstić information content (AvgIpc) is 3.44. The summed E-state index contributed by atoms with van der Waals surface area (Å²) in [5.41, 5.74) is 14.8. The molecule has 6 rings (SSSR count). The number of pyridine rings is 2. The van der Waals surface area contributed by atoms with E-state index in [0.29, 0.717) is 5.92 Å². The molecule has 0 N–H and O–H groups in total. The number of aryl methyl sites for hydroxylation is 1. The lowest BCUT2D eigenvalue weighted by atomic mass is 9.80. The molecule has 0 spiro atoms. The van der Waals surface area contributed by atoms with Crippen LogP contribution in [-0.2, 0) is 19.3 Å². The zero-order chi connectivity index (χ0) is 25.0. The molecule has 2 saturated carbocycles. The van der Waals surface area contributed by atoms with Gasteiger partial charge in [0.1, 0.15) is 0 Å². The molecule has 2 fully saturated rings. The van der Waals surface area contributed by atoms with Crippen LogP contribution in [0.25, 0.3) is 0 Å². The van der Waals surface area contributed by atoms with E-state index >= 15 is 0 Å². The van der Waals surface area contributed by atoms with Crippen LogP contribution >= 0.6 is 0 Å². The summed E-state index contributed by atoms with van der Waals surface area (Å²) in [5.74, 6) is 2.27. The molecule has 188 valence electrons. The molecule has 0 aliphatic heterocycles. The number of aromatic nitrogens is 2. The zero-order valence-electron chi connectivity index (χ0n) is 23.7. The lowest BCUT2D eigenvalue weighted by molar-refractivity contribution is 0.408. The second-order valence-corrected chi connectivity index (χ2v) is 10.5. The highest BCUT2D eigenvalue weighted by Crippen LogP contribution is 2.44. The highest BCUT2D eigenvalue weighted by atomic mass is 14.8. The van der Waals surface area contributed by atoms with E-state index in [4.69, 9.17) is 9.97 Å². The first-order chi connectivity index (χ1) is 16.5. The van der Waals surface area contributed by atoms with Crippen LogP contribution in [0.5, 0.6) is 0 Å². The maximum absolute atomic E-state index is 4.96. The van der Waals surface area contributed by atoms with Gasteiger partial charge in [-0.2, -0.15) is 0 Å². The third kappa shape index (κ3) is 5.26. The third-order valence-corrected chi connectivity index (χ3v) is 8.54. The van der Waals surface area contributed by atoms with Gasteiger partial charge in [0, 0.05) is 34.6 Å². The standard InChI is InChI=1S/2C14H19N.2C2H6/c1-8-4-7-12-9(2)10(3)14(11-5-6-11)15-13(8)12;1-9-10(2)14(11-5-3-6-11)15-13-8-4-7-12(9)13;2*1-2/h8,11H,4-7H2,1-3H3;11H,3-8H2,1-2H3;2*1-2H3. The monoisotopic (exact) mass is 462 g/mol. The molecule has 2 aromatic heterocycles. The molecule has 34 heavy (non-hydrogen) atoms. The summed E-state index contributed by atoms with van der Waals surface area (Å²) in [5, 5.41) is 0. The fraction of sp³-hybridized carbons (Fsp3) is 0.688. The summed E-state index contributed by atoms with van der Waals surface area (Å²) in [6.45, 7) is 19.4. The summed E-state index contributed by atoms with van der Waals surface area (Å²) in [7, 11) is 0. The number of rotatable bonds is 2. The van der Waals surface area contributed by atoms with E-state index in [9.17, 15) is 0 Å². The summed E-state index contributed by atoms with van der Waals surface area (Å²) < 4.78 is 0. The number of fused-ring (bicyclic) bond motifs is 2. The van der Waals surface area contributed by atoms with Crippen LogP contribution in [0.4, 0.5) is 0 Å². The van der Waals surface area contributed by atoms with Gasteiger partial charge in [-0.25, -0.2) is 0 Å². The Hall–Kier alpha value is -1.70. The highest BCUT2D eigenvalue weighted by Gasteiger charge is 2.31. The first-order valence-corrected chi connectivity index (χ1v) is 14.4. The molecule has 1 atom stereocenters. The van der Waals surface area contributed by atoms with Crippen LogP contribution in [-0.4, -0.2) is 9.97 Å². The number of hydrogen-bond acceptors (Lipinski definition) is 2. The third-order valence-electron chi connectivity index (χ3n) is 8.54. The van der Waals surface area contributed by atoms with Crippen molar-refractivity contribution in [2.45, 2.75) is 144 Å². The van der Waals surface area contributed by atoms with E-state index in [-0.39, 0.29) is 0 Å². The van der Waals surface area contributed by atoms with Gasteiger partial charge < -0.3 is 0 Å². The van der Waals surface area contributed by atoms with Gasteiger partial charge in [0.05, 0.1) is 0 Å². The molecule has 2 nitrogen and oxygen atoms in total. The summed E-state index contributed by atoms with van der Waals surface area (Å²) in [6, 6.07) is 0. The molecule has 2 aromatic rings. The molecule has 2 heterocycles. The van der Waals surface area contributed by atoms with Crippen LogP contribution in [0.15, 0.2) is 0 Å². The van der Waals surface area contributed by atoms with Gasteiger partial charge in [-0.15, -0.1) is 0 Å². The van der Waals surface area contributed by atoms with E-state index in [1.165, 1.54) is 104 Å². The molecule has 2 heteroatoms. The second-order valence-electron chi connectivity index (χ2n) is 10.5. The van der Waals surface area contributed by atoms with Crippen molar-refractivity contribution in [3.05, 3.63) is 56.2 Å². The smallest absolute Gasteiger partial charge is 0.0470 e. The normalized spacial score (nSPS) is 20.0. The van der Waals surface area contributed by atoms with Gasteiger partial charge in [-0.1, -0.05) is 41.0 Å². The molecule has 0 aromatic carbocycles. The predicted octanol–water partition coefficient (Wildman–Crippen LogP) is 9.13. The quantitative estimate of drug-likeness (QED) is 0.444. The predicted molar refractivity (Wildman–Crippen MR) is 147 cm³/mol. The van der Waals surface area contributed by atoms with Crippen LogP contribution in [0.3, 0.4) is 0 Å². The molecule has 4 aliphatic carbocycles. The largest absolute Gasteiger partial charge is 0.257 e. The first-order valence-electron chi connectivity index (χ1n) is 14.4. The van der Waals surface area contributed by atoms with Crippen molar-refractivity contribution in [2.75, 3.05) is 0 Å². The van der Waals surface area contributed by atoms with Crippen LogP contribution < -0.4 is 0 Å². The van der Waals surface area contributed by atoms with E-state index < -0.39 is 0 Å². The van der Waals surface area contributed by atoms with Crippen molar-refractivity contribution >= 4 is 0 Å². The fourth-order valence-corrected chi connectivity index (χ4v) is 5.85. The van der Waals surface area contributed by atoms with Crippen molar-refractivity contribution < 1.29 is 0 Å². The van der Waals surface area contributed by atoms with E-state index in [0.717, 1.165) is 11.8 Å². The minimum Gasteiger partial charge on any atom is -0.257 e. The minimum atomic E-state index is 0.691. The maximum atomic E-state index is 4.96. The second kappa shape index (κ2) is 11.8. The van der Waals surface area contributed by atoms with Gasteiger partial charge in [0.15, 0.2) is 0 Å². The first kappa shape index (κ1) is 26.9. The van der Waals surface area contributed by atoms with Crippen molar-refractivity contribution in [3.8, 4) is 0 Å². The minimum absolute atomic E-state index is 0.691. The van der Waals surface area contributed by atoms with Gasteiger partial charge in [-0.3, -0.25) is 9.97 Å². The Labute approximate surface area is 210 Å². The molecule has 4 aliphatic rings. The van der Waals surface area contributed by atoms with Crippen molar-refractivity contribution in [1.82, 2.24) is 9.97 Å². The Bertz CT molecular complexity index is 979. The Morgan fingerprint density at radius 1 is 0.529 bits per heavy atom. The Morgan fingerprint density at radius 3 is 1.65 bits per heavy atom. The van der Waals surface area contributed by atoms with E-state index in [2.05, 4.69) is 34.6 Å². The zero-order valence-corrected chi connectivity index (χ0v) is 23.7. The Morgan fingerprint density at radius 2 is 1.09 bits per heavy atom. The average molecular weight is 463 g/mol. The van der Waals surface area contributed by atoms with Gasteiger partial charge >= 0.3 is 0 Å². The van der Waals surface area contributed by atoms with Crippen molar-refractivity contribution in [3.63, 3.8) is 0 Å². The topological polar surface area (TPSA) is 25.8 Å². The molecule has 1 unspecified atom stereocenters. The van der Waals surface area contributed by atoms with Crippen molar-refractivity contribution in [2.24, 2.45) is 0 Å². The lowest BCUT2D eigenvalue weighted by Crippen LogP contribution is -2.14. The molecule has 0 radical (unpaired) electrons. The van der Waals surface area contributed by atoms with Gasteiger partial charge in [0.25, 0.3) is 0 Å². The van der Waals surface area contributed by atoms with E-state index in [1.807, 2.05) is 27.7 Å². The number of nitrogens with zero attached hydrogens (tertiary/aromatic N) is 2. The molecular formula is C32H50N2. The SMILES string of the molecule is CC.CC.Cc1c(C2CC2)nc2c(c1C)CCC2C.Cc1c(C2CCC2)nc2c(c1C)CCC2. The summed E-state index contributed by atoms with van der Waals surface area (Å²) >= 11 is 0. The molecular weight excluding hydrogens is 412 g/mol. The molecule has 0 saturated heterocycles. The summed E-state index contributed by atoms with van der Waals surface area (Å²) in [4.78, 5) is 9.89. The van der Waals surface area contributed by atoms with Crippen LogP contribution in [0.1, 0.15) is 153 Å². The molecule has 0 bridgehead atoms. The van der Waals surface area contributed by atoms with E-state index in [1.54, 1.807) is 16.7 Å². The highest BCUT2D eigenvalue weighted by molar-refractivity contribution is 5.45. The van der Waals surface area contributed by atoms with Crippen LogP contribution in [0, 0.1) is 27.7 Å². The lowest BCUT2D eigenvalue weighted by Gasteiger charge is -2.27. The molecule has 0 amide bonds. The van der Waals surface area contributed by atoms with Gasteiger partial charge in [0.2, 0.25) is 0 Å². The van der Waals surface area contributed by atoms with Crippen molar-refractivity contribution in [1.29, 1.82) is 0 Å². The van der Waals surface area contributed by atoms with Gasteiger partial charge in [-0.05, 0) is 125 Å². The fourth-order valence-electron chi connectivity index (χ4n) is 5.85.